The number of hydrogen-bond donors (Lipinski definition) is 0. The Morgan fingerprint density at radius 3 is 2.69 bits per heavy atom. The van der Waals surface area contributed by atoms with Crippen LogP contribution in [-0.2, 0) is 9.47 Å². The molecule has 1 aliphatic rings. The summed E-state index contributed by atoms with van der Waals surface area (Å²) in [4.78, 5) is 33.9. The van der Waals surface area contributed by atoms with Crippen LogP contribution in [0.15, 0.2) is 24.5 Å². The van der Waals surface area contributed by atoms with Gasteiger partial charge >= 0.3 is 12.1 Å². The molecule has 1 amide bonds. The van der Waals surface area contributed by atoms with E-state index in [1.165, 1.54) is 36.5 Å². The van der Waals surface area contributed by atoms with Crippen molar-refractivity contribution < 1.29 is 28.5 Å². The number of nitrogens with zero attached hydrogens (tertiary/aromatic N) is 3. The lowest BCUT2D eigenvalue weighted by Crippen LogP contribution is -2.42. The van der Waals surface area contributed by atoms with E-state index in [0.717, 1.165) is 0 Å². The topological polar surface area (TPSA) is 100 Å². The van der Waals surface area contributed by atoms with Crippen LogP contribution in [0.25, 0.3) is 0 Å². The number of anilines is 1. The molecule has 10 heteroatoms. The second-order valence-electron chi connectivity index (χ2n) is 7.05. The zero-order valence-corrected chi connectivity index (χ0v) is 17.1. The van der Waals surface area contributed by atoms with Crippen molar-refractivity contribution in [2.24, 2.45) is 0 Å². The second-order valence-corrected chi connectivity index (χ2v) is 7.46. The lowest BCUT2D eigenvalue weighted by atomic mass is 10.2. The van der Waals surface area contributed by atoms with Crippen LogP contribution in [0.2, 0.25) is 5.02 Å². The van der Waals surface area contributed by atoms with Gasteiger partial charge in [-0.25, -0.2) is 14.6 Å². The number of methoxy groups -OCH3 is 1. The smallest absolute Gasteiger partial charge is 0.416 e. The molecule has 9 nitrogen and oxygen atoms in total. The summed E-state index contributed by atoms with van der Waals surface area (Å²) >= 11 is 6.18. The number of fused-ring (bicyclic) bond motifs is 1. The summed E-state index contributed by atoms with van der Waals surface area (Å²) in [7, 11) is 1.28. The van der Waals surface area contributed by atoms with Crippen LogP contribution in [0.3, 0.4) is 0 Å². The van der Waals surface area contributed by atoms with Gasteiger partial charge in [0.2, 0.25) is 5.75 Å². The molecule has 1 aromatic heterocycles. The summed E-state index contributed by atoms with van der Waals surface area (Å²) in [5, 5.41) is 0.254. The molecule has 3 rings (SSSR count). The summed E-state index contributed by atoms with van der Waals surface area (Å²) in [5.74, 6) is 0.0732. The minimum atomic E-state index is -0.663. The van der Waals surface area contributed by atoms with Crippen LogP contribution in [0.5, 0.6) is 17.4 Å². The van der Waals surface area contributed by atoms with Crippen LogP contribution in [-0.4, -0.2) is 47.9 Å². The largest absolute Gasteiger partial charge is 0.483 e. The summed E-state index contributed by atoms with van der Waals surface area (Å²) < 4.78 is 21.5. The van der Waals surface area contributed by atoms with Crippen molar-refractivity contribution in [3.8, 4) is 17.4 Å². The average Bonchev–Trinajstić information content (AvgIpc) is 2.67. The van der Waals surface area contributed by atoms with Crippen molar-refractivity contribution in [2.45, 2.75) is 26.4 Å². The molecule has 0 atom stereocenters. The summed E-state index contributed by atoms with van der Waals surface area (Å²) in [6, 6.07) is 4.44. The van der Waals surface area contributed by atoms with E-state index in [4.69, 9.17) is 30.5 Å². The normalized spacial score (nSPS) is 13.2. The third kappa shape index (κ3) is 4.68. The van der Waals surface area contributed by atoms with Crippen molar-refractivity contribution in [3.05, 3.63) is 35.1 Å². The van der Waals surface area contributed by atoms with Gasteiger partial charge in [-0.1, -0.05) is 11.6 Å². The number of halogens is 1. The molecule has 0 aliphatic carbocycles. The highest BCUT2D eigenvalue weighted by atomic mass is 35.5. The van der Waals surface area contributed by atoms with Gasteiger partial charge in [0.25, 0.3) is 5.88 Å². The second kappa shape index (κ2) is 8.12. The Morgan fingerprint density at radius 1 is 1.24 bits per heavy atom. The van der Waals surface area contributed by atoms with Crippen LogP contribution in [0.4, 0.5) is 10.6 Å². The maximum absolute atomic E-state index is 12.5. The monoisotopic (exact) mass is 421 g/mol. The Hall–Kier alpha value is -3.07. The predicted octanol–water partition coefficient (Wildman–Crippen LogP) is 3.84. The number of benzene rings is 1. The Bertz CT molecular complexity index is 944. The first-order valence-electron chi connectivity index (χ1n) is 8.73. The van der Waals surface area contributed by atoms with Crippen molar-refractivity contribution in [3.63, 3.8) is 0 Å². The molecule has 0 fully saturated rings. The SMILES string of the molecule is COC(=O)c1ccc(Cl)c(Oc2ncnc3c2OCCN3C(=O)OC(C)(C)C)c1. The van der Waals surface area contributed by atoms with Gasteiger partial charge < -0.3 is 18.9 Å². The van der Waals surface area contributed by atoms with Gasteiger partial charge in [0.1, 0.15) is 24.3 Å². The van der Waals surface area contributed by atoms with Crippen molar-refractivity contribution >= 4 is 29.5 Å². The highest BCUT2D eigenvalue weighted by molar-refractivity contribution is 6.32. The number of aromatic nitrogens is 2. The average molecular weight is 422 g/mol. The van der Waals surface area contributed by atoms with Gasteiger partial charge in [-0.05, 0) is 39.0 Å². The molecule has 2 heterocycles. The summed E-state index contributed by atoms with van der Waals surface area (Å²) in [6.45, 7) is 5.79. The molecule has 0 spiro atoms. The maximum Gasteiger partial charge on any atom is 0.416 e. The van der Waals surface area contributed by atoms with E-state index < -0.39 is 17.7 Å². The molecule has 2 aromatic rings. The molecule has 0 saturated heterocycles. The van der Waals surface area contributed by atoms with Crippen molar-refractivity contribution in [2.75, 3.05) is 25.2 Å². The summed E-state index contributed by atoms with van der Waals surface area (Å²) in [5.41, 5.74) is -0.407. The van der Waals surface area contributed by atoms with Gasteiger partial charge in [0, 0.05) is 0 Å². The number of ether oxygens (including phenoxy) is 4. The molecule has 0 radical (unpaired) electrons. The van der Waals surface area contributed by atoms with Crippen LogP contribution in [0, 0.1) is 0 Å². The Kier molecular flexibility index (Phi) is 5.78. The minimum Gasteiger partial charge on any atom is -0.483 e. The number of esters is 1. The standard InChI is InChI=1S/C19H20ClN3O6/c1-19(2,3)29-18(25)23-7-8-27-14-15(23)21-10-22-16(14)28-13-9-11(17(24)26-4)5-6-12(13)20/h5-6,9-10H,7-8H2,1-4H3. The third-order valence-electron chi connectivity index (χ3n) is 3.74. The van der Waals surface area contributed by atoms with E-state index in [1.54, 1.807) is 20.8 Å². The Balaban J connectivity index is 1.93. The number of hydrogen-bond acceptors (Lipinski definition) is 8. The zero-order valence-electron chi connectivity index (χ0n) is 16.4. The van der Waals surface area contributed by atoms with Gasteiger partial charge in [-0.3, -0.25) is 4.90 Å². The highest BCUT2D eigenvalue weighted by Gasteiger charge is 2.32. The van der Waals surface area contributed by atoms with Gasteiger partial charge in [0.05, 0.1) is 24.2 Å². The number of amides is 1. The number of carbonyl (C=O) groups is 2. The molecule has 0 saturated carbocycles. The van der Waals surface area contributed by atoms with Crippen LogP contribution in [0.1, 0.15) is 31.1 Å². The van der Waals surface area contributed by atoms with Crippen molar-refractivity contribution in [1.29, 1.82) is 0 Å². The molecule has 154 valence electrons. The molecule has 0 N–H and O–H groups in total. The first kappa shape index (κ1) is 20.7. The fourth-order valence-corrected chi connectivity index (χ4v) is 2.67. The van der Waals surface area contributed by atoms with Crippen molar-refractivity contribution in [1.82, 2.24) is 9.97 Å². The molecular formula is C19H20ClN3O6. The first-order valence-corrected chi connectivity index (χ1v) is 9.11. The van der Waals surface area contributed by atoms with E-state index in [2.05, 4.69) is 9.97 Å². The molecule has 1 aliphatic heterocycles. The van der Waals surface area contributed by atoms with E-state index in [9.17, 15) is 9.59 Å². The molecule has 1 aromatic carbocycles. The number of carbonyl (C=O) groups excluding carboxylic acids is 2. The van der Waals surface area contributed by atoms with Crippen LogP contribution < -0.4 is 14.4 Å². The third-order valence-corrected chi connectivity index (χ3v) is 4.05. The fraction of sp³-hybridized carbons (Fsp3) is 0.368. The predicted molar refractivity (Wildman–Crippen MR) is 104 cm³/mol. The van der Waals surface area contributed by atoms with Gasteiger partial charge in [-0.15, -0.1) is 0 Å². The first-order chi connectivity index (χ1) is 13.7. The zero-order chi connectivity index (χ0) is 21.2. The van der Waals surface area contributed by atoms with Gasteiger partial charge in [0.15, 0.2) is 5.82 Å². The minimum absolute atomic E-state index is 0.0483. The van der Waals surface area contributed by atoms with E-state index in [0.29, 0.717) is 0 Å². The maximum atomic E-state index is 12.5. The van der Waals surface area contributed by atoms with E-state index >= 15 is 0 Å². The lowest BCUT2D eigenvalue weighted by molar-refractivity contribution is 0.0563. The molecule has 0 unspecified atom stereocenters. The van der Waals surface area contributed by atoms with Gasteiger partial charge in [-0.2, -0.15) is 4.98 Å². The molecule has 0 bridgehead atoms. The molecular weight excluding hydrogens is 402 g/mol. The van der Waals surface area contributed by atoms with Crippen LogP contribution >= 0.6 is 11.6 Å². The summed E-state index contributed by atoms with van der Waals surface area (Å²) in [6.07, 6.45) is 0.676. The fourth-order valence-electron chi connectivity index (χ4n) is 2.51. The van der Waals surface area contributed by atoms with E-state index in [-0.39, 0.29) is 46.9 Å². The Labute approximate surface area is 172 Å². The quantitative estimate of drug-likeness (QED) is 0.689. The highest BCUT2D eigenvalue weighted by Crippen LogP contribution is 2.40. The lowest BCUT2D eigenvalue weighted by Gasteiger charge is -2.30. The number of rotatable bonds is 3. The molecule has 29 heavy (non-hydrogen) atoms. The van der Waals surface area contributed by atoms with E-state index in [1.807, 2.05) is 0 Å². The Morgan fingerprint density at radius 2 is 2.00 bits per heavy atom.